The van der Waals surface area contributed by atoms with Crippen molar-refractivity contribution in [2.75, 3.05) is 43.2 Å². The summed E-state index contributed by atoms with van der Waals surface area (Å²) < 4.78 is 12.8. The van der Waals surface area contributed by atoms with Crippen molar-refractivity contribution < 1.29 is 9.18 Å². The second kappa shape index (κ2) is 7.23. The fourth-order valence-electron chi connectivity index (χ4n) is 1.41. The summed E-state index contributed by atoms with van der Waals surface area (Å²) in [5.41, 5.74) is 6.28. The van der Waals surface area contributed by atoms with E-state index in [0.717, 1.165) is 12.3 Å². The first-order valence-electron chi connectivity index (χ1n) is 5.55. The number of hydrogen-bond acceptors (Lipinski definition) is 4. The van der Waals surface area contributed by atoms with Crippen LogP contribution in [0.15, 0.2) is 18.2 Å². The zero-order valence-corrected chi connectivity index (χ0v) is 11.4. The number of nitrogens with one attached hydrogen (secondary N) is 1. The molecule has 18 heavy (non-hydrogen) atoms. The molecule has 0 saturated heterocycles. The summed E-state index contributed by atoms with van der Waals surface area (Å²) in [4.78, 5) is 13.6. The molecule has 0 saturated carbocycles. The lowest BCUT2D eigenvalue weighted by atomic mass is 10.2. The first-order valence-corrected chi connectivity index (χ1v) is 6.94. The molecule has 1 amide bonds. The van der Waals surface area contributed by atoms with E-state index in [2.05, 4.69) is 5.32 Å². The number of anilines is 2. The first kappa shape index (κ1) is 14.8. The molecule has 0 fully saturated rings. The number of amides is 1. The van der Waals surface area contributed by atoms with Crippen molar-refractivity contribution >= 4 is 29.0 Å². The number of nitrogen functional groups attached to an aromatic ring is 1. The number of carbonyl (C=O) groups is 1. The molecule has 0 spiro atoms. The van der Waals surface area contributed by atoms with E-state index in [1.165, 1.54) is 18.2 Å². The van der Waals surface area contributed by atoms with E-state index in [-0.39, 0.29) is 18.1 Å². The zero-order chi connectivity index (χ0) is 13.5. The number of halogens is 1. The molecular formula is C12H18FN3OS. The van der Waals surface area contributed by atoms with E-state index in [0.29, 0.717) is 5.69 Å². The summed E-state index contributed by atoms with van der Waals surface area (Å²) in [5.74, 6) is 0.405. The molecule has 0 bridgehead atoms. The van der Waals surface area contributed by atoms with Crippen LogP contribution in [0.1, 0.15) is 0 Å². The highest BCUT2D eigenvalue weighted by atomic mass is 32.2. The van der Waals surface area contributed by atoms with Crippen molar-refractivity contribution in [3.05, 3.63) is 24.0 Å². The first-order chi connectivity index (χ1) is 8.52. The molecule has 0 atom stereocenters. The number of likely N-dealkylation sites (N-methyl/N-ethyl adjacent to an activating group) is 1. The average molecular weight is 271 g/mol. The monoisotopic (exact) mass is 271 g/mol. The molecule has 3 N–H and O–H groups in total. The van der Waals surface area contributed by atoms with Gasteiger partial charge < -0.3 is 11.1 Å². The largest absolute Gasteiger partial charge is 0.397 e. The van der Waals surface area contributed by atoms with Crippen molar-refractivity contribution in [3.8, 4) is 0 Å². The highest BCUT2D eigenvalue weighted by molar-refractivity contribution is 7.98. The predicted molar refractivity (Wildman–Crippen MR) is 75.3 cm³/mol. The smallest absolute Gasteiger partial charge is 0.238 e. The molecule has 6 heteroatoms. The van der Waals surface area contributed by atoms with E-state index < -0.39 is 5.82 Å². The van der Waals surface area contributed by atoms with Gasteiger partial charge in [-0.3, -0.25) is 9.69 Å². The van der Waals surface area contributed by atoms with E-state index in [1.54, 1.807) is 11.8 Å². The van der Waals surface area contributed by atoms with Crippen molar-refractivity contribution in [1.82, 2.24) is 4.90 Å². The maximum atomic E-state index is 12.8. The Balaban J connectivity index is 2.49. The Morgan fingerprint density at radius 3 is 2.89 bits per heavy atom. The molecule has 0 aromatic heterocycles. The molecule has 100 valence electrons. The number of hydrogen-bond donors (Lipinski definition) is 2. The summed E-state index contributed by atoms with van der Waals surface area (Å²) >= 11 is 1.73. The van der Waals surface area contributed by atoms with Gasteiger partial charge in [-0.1, -0.05) is 0 Å². The Morgan fingerprint density at radius 1 is 1.56 bits per heavy atom. The van der Waals surface area contributed by atoms with Gasteiger partial charge in [-0.25, -0.2) is 4.39 Å². The molecule has 0 unspecified atom stereocenters. The Morgan fingerprint density at radius 2 is 2.28 bits per heavy atom. The number of nitrogens with zero attached hydrogens (tertiary/aromatic N) is 1. The lowest BCUT2D eigenvalue weighted by Crippen LogP contribution is -2.31. The fourth-order valence-corrected chi connectivity index (χ4v) is 1.90. The lowest BCUT2D eigenvalue weighted by Gasteiger charge is -2.16. The zero-order valence-electron chi connectivity index (χ0n) is 10.6. The van der Waals surface area contributed by atoms with Gasteiger partial charge in [-0.05, 0) is 31.5 Å². The van der Waals surface area contributed by atoms with Gasteiger partial charge in [0.05, 0.1) is 17.9 Å². The molecule has 4 nitrogen and oxygen atoms in total. The van der Waals surface area contributed by atoms with Gasteiger partial charge in [0.25, 0.3) is 0 Å². The van der Waals surface area contributed by atoms with Crippen molar-refractivity contribution in [1.29, 1.82) is 0 Å². The summed E-state index contributed by atoms with van der Waals surface area (Å²) in [6.07, 6.45) is 2.02. The van der Waals surface area contributed by atoms with E-state index in [1.807, 2.05) is 18.2 Å². The summed E-state index contributed by atoms with van der Waals surface area (Å²) in [7, 11) is 1.88. The van der Waals surface area contributed by atoms with Gasteiger partial charge in [0.15, 0.2) is 0 Å². The molecular weight excluding hydrogens is 253 g/mol. The number of rotatable bonds is 6. The third kappa shape index (κ3) is 4.93. The molecule has 0 aliphatic rings. The van der Waals surface area contributed by atoms with Crippen molar-refractivity contribution in [2.24, 2.45) is 0 Å². The molecule has 1 rings (SSSR count). The SMILES string of the molecule is CSCCN(C)CC(=O)Nc1ccc(F)cc1N. The highest BCUT2D eigenvalue weighted by Crippen LogP contribution is 2.18. The van der Waals surface area contributed by atoms with Gasteiger partial charge in [-0.15, -0.1) is 0 Å². The molecule has 0 aliphatic heterocycles. The Hall–Kier alpha value is -1.27. The number of thioether (sulfide) groups is 1. The van der Waals surface area contributed by atoms with E-state index in [9.17, 15) is 9.18 Å². The minimum atomic E-state index is -0.414. The van der Waals surface area contributed by atoms with Crippen LogP contribution in [0.3, 0.4) is 0 Å². The maximum Gasteiger partial charge on any atom is 0.238 e. The molecule has 0 heterocycles. The van der Waals surface area contributed by atoms with Gasteiger partial charge in [0.2, 0.25) is 5.91 Å². The van der Waals surface area contributed by atoms with Crippen LogP contribution in [-0.4, -0.2) is 43.0 Å². The second-order valence-corrected chi connectivity index (χ2v) is 5.00. The lowest BCUT2D eigenvalue weighted by molar-refractivity contribution is -0.117. The topological polar surface area (TPSA) is 58.4 Å². The van der Waals surface area contributed by atoms with Crippen molar-refractivity contribution in [3.63, 3.8) is 0 Å². The number of benzene rings is 1. The molecule has 1 aromatic carbocycles. The normalized spacial score (nSPS) is 10.7. The number of nitrogens with two attached hydrogens (primary N) is 1. The van der Waals surface area contributed by atoms with Crippen LogP contribution in [0, 0.1) is 5.82 Å². The van der Waals surface area contributed by atoms with Crippen LogP contribution in [-0.2, 0) is 4.79 Å². The van der Waals surface area contributed by atoms with Crippen LogP contribution in [0.5, 0.6) is 0 Å². The third-order valence-electron chi connectivity index (χ3n) is 2.38. The molecule has 0 radical (unpaired) electrons. The average Bonchev–Trinajstić information content (AvgIpc) is 2.30. The second-order valence-electron chi connectivity index (χ2n) is 4.01. The van der Waals surface area contributed by atoms with Gasteiger partial charge in [-0.2, -0.15) is 11.8 Å². The maximum absolute atomic E-state index is 12.8. The van der Waals surface area contributed by atoms with Crippen LogP contribution in [0.2, 0.25) is 0 Å². The standard InChI is InChI=1S/C12H18FN3OS/c1-16(5-6-18-2)8-12(17)15-11-4-3-9(13)7-10(11)14/h3-4,7H,5-6,8,14H2,1-2H3,(H,15,17). The Bertz CT molecular complexity index is 414. The minimum Gasteiger partial charge on any atom is -0.397 e. The Kier molecular flexibility index (Phi) is 5.94. The quantitative estimate of drug-likeness (QED) is 0.772. The van der Waals surface area contributed by atoms with Gasteiger partial charge in [0, 0.05) is 12.3 Å². The predicted octanol–water partition coefficient (Wildman–Crippen LogP) is 1.64. The number of carbonyl (C=O) groups excluding carboxylic acids is 1. The van der Waals surface area contributed by atoms with Crippen LogP contribution in [0.4, 0.5) is 15.8 Å². The minimum absolute atomic E-state index is 0.156. The van der Waals surface area contributed by atoms with Gasteiger partial charge in [0.1, 0.15) is 5.82 Å². The van der Waals surface area contributed by atoms with Crippen LogP contribution in [0.25, 0.3) is 0 Å². The van der Waals surface area contributed by atoms with Gasteiger partial charge >= 0.3 is 0 Å². The highest BCUT2D eigenvalue weighted by Gasteiger charge is 2.08. The molecule has 1 aromatic rings. The summed E-state index contributed by atoms with van der Waals surface area (Å²) in [5, 5.41) is 2.67. The third-order valence-corrected chi connectivity index (χ3v) is 2.97. The Labute approximate surface area is 111 Å². The van der Waals surface area contributed by atoms with E-state index in [4.69, 9.17) is 5.73 Å². The van der Waals surface area contributed by atoms with Crippen LogP contribution < -0.4 is 11.1 Å². The fraction of sp³-hybridized carbons (Fsp3) is 0.417. The summed E-state index contributed by atoms with van der Waals surface area (Å²) in [6.45, 7) is 1.13. The van der Waals surface area contributed by atoms with E-state index >= 15 is 0 Å². The van der Waals surface area contributed by atoms with Crippen LogP contribution >= 0.6 is 11.8 Å². The van der Waals surface area contributed by atoms with Crippen molar-refractivity contribution in [2.45, 2.75) is 0 Å². The summed E-state index contributed by atoms with van der Waals surface area (Å²) in [6, 6.07) is 3.92. The molecule has 0 aliphatic carbocycles.